The molecule has 4 heteroatoms. The molecule has 1 aromatic carbocycles. The average molecular weight is 259 g/mol. The third kappa shape index (κ3) is 3.58. The van der Waals surface area contributed by atoms with E-state index in [0.717, 1.165) is 5.56 Å². The van der Waals surface area contributed by atoms with Gasteiger partial charge in [0, 0.05) is 32.2 Å². The van der Waals surface area contributed by atoms with Crippen LogP contribution >= 0.6 is 0 Å². The highest BCUT2D eigenvalue weighted by molar-refractivity contribution is 5.76. The fourth-order valence-corrected chi connectivity index (χ4v) is 2.11. The molecule has 0 spiro atoms. The molecule has 1 heterocycles. The molecule has 102 valence electrons. The van der Waals surface area contributed by atoms with Crippen LogP contribution in [0.5, 0.6) is 0 Å². The molecule has 0 bridgehead atoms. The lowest BCUT2D eigenvalue weighted by Crippen LogP contribution is -2.52. The number of nitrogens with one attached hydrogen (secondary N) is 2. The van der Waals surface area contributed by atoms with Gasteiger partial charge in [-0.15, -0.1) is 0 Å². The van der Waals surface area contributed by atoms with E-state index in [1.54, 1.807) is 0 Å². The van der Waals surface area contributed by atoms with Gasteiger partial charge in [-0.1, -0.05) is 31.2 Å². The lowest BCUT2D eigenvalue weighted by Gasteiger charge is -2.27. The van der Waals surface area contributed by atoms with Crippen molar-refractivity contribution in [1.29, 1.82) is 0 Å². The van der Waals surface area contributed by atoms with Gasteiger partial charge >= 0.3 is 0 Å². The number of hydrogen-bond acceptors (Lipinski definition) is 3. The Morgan fingerprint density at radius 3 is 2.53 bits per heavy atom. The van der Waals surface area contributed by atoms with Crippen LogP contribution in [0.3, 0.4) is 0 Å². The van der Waals surface area contributed by atoms with E-state index in [9.17, 15) is 4.79 Å². The molecular formula is C15H21N3O. The number of carbonyl (C=O) groups is 1. The maximum atomic E-state index is 11.2. The van der Waals surface area contributed by atoms with Crippen molar-refractivity contribution in [1.82, 2.24) is 10.9 Å². The van der Waals surface area contributed by atoms with Crippen molar-refractivity contribution in [3.8, 4) is 0 Å². The molecule has 4 nitrogen and oxygen atoms in total. The molecule has 2 unspecified atom stereocenters. The number of hydrazine groups is 1. The fourth-order valence-electron chi connectivity index (χ4n) is 2.11. The van der Waals surface area contributed by atoms with Crippen LogP contribution in [-0.4, -0.2) is 26.0 Å². The number of amides is 1. The van der Waals surface area contributed by atoms with Gasteiger partial charge in [-0.3, -0.25) is 10.2 Å². The minimum absolute atomic E-state index is 0.0625. The first-order chi connectivity index (χ1) is 9.06. The number of nitrogens with zero attached hydrogens (tertiary/aromatic N) is 1. The van der Waals surface area contributed by atoms with Gasteiger partial charge in [-0.25, -0.2) is 5.43 Å². The third-order valence-corrected chi connectivity index (χ3v) is 3.40. The number of rotatable bonds is 3. The summed E-state index contributed by atoms with van der Waals surface area (Å²) in [6.07, 6.45) is 4.77. The molecule has 2 rings (SSSR count). The number of anilines is 1. The van der Waals surface area contributed by atoms with Crippen LogP contribution in [-0.2, 0) is 4.79 Å². The molecular weight excluding hydrogens is 238 g/mol. The quantitative estimate of drug-likeness (QED) is 0.870. The summed E-state index contributed by atoms with van der Waals surface area (Å²) < 4.78 is 0. The molecule has 2 N–H and O–H groups in total. The first-order valence-electron chi connectivity index (χ1n) is 6.56. The van der Waals surface area contributed by atoms with E-state index in [1.807, 2.05) is 14.1 Å². The van der Waals surface area contributed by atoms with Gasteiger partial charge in [0.1, 0.15) is 0 Å². The Balaban J connectivity index is 2.00. The maximum absolute atomic E-state index is 11.2. The standard InChI is InChI=1S/C15H21N3O/c1-11-10-15(19)17-16-14(11)9-6-12-4-7-13(8-5-12)18(2)3/h4-9,11,14,16H,10H2,1-3H3,(H,17,19)/b9-6+. The number of carbonyl (C=O) groups excluding carboxylic acids is 1. The molecule has 0 aromatic heterocycles. The summed E-state index contributed by atoms with van der Waals surface area (Å²) in [7, 11) is 4.06. The summed E-state index contributed by atoms with van der Waals surface area (Å²) in [5.74, 6) is 0.374. The largest absolute Gasteiger partial charge is 0.378 e. The minimum Gasteiger partial charge on any atom is -0.378 e. The van der Waals surface area contributed by atoms with Crippen LogP contribution < -0.4 is 15.8 Å². The predicted molar refractivity (Wildman–Crippen MR) is 78.7 cm³/mol. The average Bonchev–Trinajstić information content (AvgIpc) is 2.38. The Bertz CT molecular complexity index is 465. The lowest BCUT2D eigenvalue weighted by atomic mass is 9.96. The van der Waals surface area contributed by atoms with Gasteiger partial charge in [-0.05, 0) is 23.6 Å². The normalized spacial score (nSPS) is 23.4. The smallest absolute Gasteiger partial charge is 0.234 e. The SMILES string of the molecule is CC1CC(=O)NNC1/C=C/c1ccc(N(C)C)cc1. The van der Waals surface area contributed by atoms with Crippen molar-refractivity contribution in [3.63, 3.8) is 0 Å². The molecule has 1 amide bonds. The van der Waals surface area contributed by atoms with Crippen molar-refractivity contribution in [3.05, 3.63) is 35.9 Å². The van der Waals surface area contributed by atoms with Crippen LogP contribution in [0.25, 0.3) is 6.08 Å². The van der Waals surface area contributed by atoms with Crippen LogP contribution in [0.4, 0.5) is 5.69 Å². The van der Waals surface area contributed by atoms with E-state index in [1.165, 1.54) is 5.69 Å². The first kappa shape index (κ1) is 13.6. The summed E-state index contributed by atoms with van der Waals surface area (Å²) in [4.78, 5) is 13.3. The van der Waals surface area contributed by atoms with Gasteiger partial charge in [0.15, 0.2) is 0 Å². The highest BCUT2D eigenvalue weighted by atomic mass is 16.2. The van der Waals surface area contributed by atoms with E-state index in [-0.39, 0.29) is 11.9 Å². The molecule has 1 fully saturated rings. The fraction of sp³-hybridized carbons (Fsp3) is 0.400. The topological polar surface area (TPSA) is 44.4 Å². The van der Waals surface area contributed by atoms with E-state index < -0.39 is 0 Å². The molecule has 2 atom stereocenters. The molecule has 1 saturated heterocycles. The summed E-state index contributed by atoms with van der Waals surface area (Å²) in [6, 6.07) is 8.57. The molecule has 19 heavy (non-hydrogen) atoms. The highest BCUT2D eigenvalue weighted by Gasteiger charge is 2.22. The second-order valence-corrected chi connectivity index (χ2v) is 5.24. The Hall–Kier alpha value is -1.81. The second-order valence-electron chi connectivity index (χ2n) is 5.24. The van der Waals surface area contributed by atoms with Gasteiger partial charge in [0.25, 0.3) is 0 Å². The van der Waals surface area contributed by atoms with E-state index >= 15 is 0 Å². The molecule has 0 saturated carbocycles. The molecule has 1 aliphatic heterocycles. The van der Waals surface area contributed by atoms with Crippen LogP contribution in [0, 0.1) is 5.92 Å². The van der Waals surface area contributed by atoms with Crippen LogP contribution in [0.15, 0.2) is 30.3 Å². The van der Waals surface area contributed by atoms with Gasteiger partial charge in [-0.2, -0.15) is 0 Å². The monoisotopic (exact) mass is 259 g/mol. The van der Waals surface area contributed by atoms with Gasteiger partial charge in [0.2, 0.25) is 5.91 Å². The Morgan fingerprint density at radius 2 is 1.95 bits per heavy atom. The zero-order valence-electron chi connectivity index (χ0n) is 11.7. The van der Waals surface area contributed by atoms with E-state index in [2.05, 4.69) is 59.1 Å². The molecule has 0 radical (unpaired) electrons. The zero-order chi connectivity index (χ0) is 13.8. The molecule has 1 aromatic rings. The summed E-state index contributed by atoms with van der Waals surface area (Å²) in [5, 5.41) is 0. The number of hydrogen-bond donors (Lipinski definition) is 2. The highest BCUT2D eigenvalue weighted by Crippen LogP contribution is 2.16. The third-order valence-electron chi connectivity index (χ3n) is 3.40. The summed E-state index contributed by atoms with van der Waals surface area (Å²) in [6.45, 7) is 2.08. The minimum atomic E-state index is 0.0625. The van der Waals surface area contributed by atoms with E-state index in [4.69, 9.17) is 0 Å². The number of benzene rings is 1. The Morgan fingerprint density at radius 1 is 1.26 bits per heavy atom. The Labute approximate surface area is 114 Å². The van der Waals surface area contributed by atoms with Crippen molar-refractivity contribution in [2.24, 2.45) is 5.92 Å². The molecule has 1 aliphatic rings. The zero-order valence-corrected chi connectivity index (χ0v) is 11.7. The van der Waals surface area contributed by atoms with Crippen molar-refractivity contribution in [2.45, 2.75) is 19.4 Å². The Kier molecular flexibility index (Phi) is 4.22. The van der Waals surface area contributed by atoms with Crippen molar-refractivity contribution < 1.29 is 4.79 Å². The second kappa shape index (κ2) is 5.89. The predicted octanol–water partition coefficient (Wildman–Crippen LogP) is 1.79. The lowest BCUT2D eigenvalue weighted by molar-refractivity contribution is -0.125. The van der Waals surface area contributed by atoms with Crippen LogP contribution in [0.1, 0.15) is 18.9 Å². The van der Waals surface area contributed by atoms with Gasteiger partial charge < -0.3 is 4.90 Å². The van der Waals surface area contributed by atoms with E-state index in [0.29, 0.717) is 12.3 Å². The first-order valence-corrected chi connectivity index (χ1v) is 6.56. The van der Waals surface area contributed by atoms with Crippen LogP contribution in [0.2, 0.25) is 0 Å². The summed E-state index contributed by atoms with van der Waals surface area (Å²) >= 11 is 0. The van der Waals surface area contributed by atoms with Gasteiger partial charge in [0.05, 0.1) is 0 Å². The summed E-state index contributed by atoms with van der Waals surface area (Å²) in [5.41, 5.74) is 8.05. The van der Waals surface area contributed by atoms with Crippen molar-refractivity contribution >= 4 is 17.7 Å². The maximum Gasteiger partial charge on any atom is 0.234 e. The molecule has 0 aliphatic carbocycles. The van der Waals surface area contributed by atoms with Crippen molar-refractivity contribution in [2.75, 3.05) is 19.0 Å².